The van der Waals surface area contributed by atoms with Crippen LogP contribution in [0.25, 0.3) is 11.0 Å². The molecule has 0 bridgehead atoms. The van der Waals surface area contributed by atoms with Crippen LogP contribution < -0.4 is 11.1 Å². The number of carbonyl (C=O) groups is 1. The molecule has 0 saturated carbocycles. The average molecular weight is 378 g/mol. The van der Waals surface area contributed by atoms with Gasteiger partial charge >= 0.3 is 11.1 Å². The molecule has 28 heavy (non-hydrogen) atoms. The number of nitrogens with zero attached hydrogens (tertiary/aromatic N) is 2. The molecular weight excluding hydrogens is 356 g/mol. The number of fused-ring (bicyclic) bond motifs is 1. The number of amides is 1. The average Bonchev–Trinajstić information content (AvgIpc) is 2.69. The minimum Gasteiger partial charge on any atom is -0.333 e. The summed E-state index contributed by atoms with van der Waals surface area (Å²) >= 11 is 0. The third-order valence-electron chi connectivity index (χ3n) is 5.19. The zero-order valence-electron chi connectivity index (χ0n) is 15.6. The highest BCUT2D eigenvalue weighted by Gasteiger charge is 2.28. The Kier molecular flexibility index (Phi) is 4.83. The summed E-state index contributed by atoms with van der Waals surface area (Å²) < 4.78 is 0. The van der Waals surface area contributed by atoms with Gasteiger partial charge in [0.15, 0.2) is 0 Å². The van der Waals surface area contributed by atoms with E-state index in [9.17, 15) is 14.4 Å². The standard InChI is InChI=1S/C21H22N4O3/c1-14-12-24(13-15-5-3-2-4-6-15)9-10-25(14)21(28)16-7-8-17-18(11-16)23-20(27)19(26)22-17/h2-8,11,14H,9-10,12-13H2,1H3,(H,22,26)(H,23,27)/t14-/m1/s1. The first-order valence-corrected chi connectivity index (χ1v) is 9.35. The summed E-state index contributed by atoms with van der Waals surface area (Å²) in [6.45, 7) is 5.18. The number of H-pyrrole nitrogens is 2. The third kappa shape index (κ3) is 3.61. The summed E-state index contributed by atoms with van der Waals surface area (Å²) in [6, 6.07) is 15.3. The van der Waals surface area contributed by atoms with Crippen molar-refractivity contribution in [3.8, 4) is 0 Å². The highest BCUT2D eigenvalue weighted by Crippen LogP contribution is 2.18. The highest BCUT2D eigenvalue weighted by atomic mass is 16.2. The van der Waals surface area contributed by atoms with Gasteiger partial charge in [0.2, 0.25) is 0 Å². The summed E-state index contributed by atoms with van der Waals surface area (Å²) in [5.41, 5.74) is 1.29. The SMILES string of the molecule is C[C@@H]1CN(Cc2ccccc2)CCN1C(=O)c1ccc2[nH]c(=O)c(=O)[nH]c2c1. The molecule has 2 aromatic carbocycles. The number of nitrogens with one attached hydrogen (secondary N) is 2. The van der Waals surface area contributed by atoms with Crippen molar-refractivity contribution in [3.63, 3.8) is 0 Å². The summed E-state index contributed by atoms with van der Waals surface area (Å²) in [5, 5.41) is 0. The molecule has 1 saturated heterocycles. The van der Waals surface area contributed by atoms with Gasteiger partial charge in [-0.25, -0.2) is 0 Å². The Morgan fingerprint density at radius 3 is 2.43 bits per heavy atom. The van der Waals surface area contributed by atoms with Crippen LogP contribution in [0.5, 0.6) is 0 Å². The quantitative estimate of drug-likeness (QED) is 0.677. The Morgan fingerprint density at radius 1 is 1.00 bits per heavy atom. The van der Waals surface area contributed by atoms with Crippen LogP contribution in [0.1, 0.15) is 22.8 Å². The zero-order valence-corrected chi connectivity index (χ0v) is 15.6. The fraction of sp³-hybridized carbons (Fsp3) is 0.286. The molecule has 1 amide bonds. The van der Waals surface area contributed by atoms with Crippen molar-refractivity contribution in [2.45, 2.75) is 19.5 Å². The summed E-state index contributed by atoms with van der Waals surface area (Å²) in [6.07, 6.45) is 0. The predicted molar refractivity (Wildman–Crippen MR) is 107 cm³/mol. The van der Waals surface area contributed by atoms with Crippen LogP contribution in [-0.4, -0.2) is 51.4 Å². The van der Waals surface area contributed by atoms with Crippen LogP contribution in [0.2, 0.25) is 0 Å². The molecule has 0 radical (unpaired) electrons. The minimum absolute atomic E-state index is 0.0687. The lowest BCUT2D eigenvalue weighted by molar-refractivity contribution is 0.0475. The second-order valence-electron chi connectivity index (χ2n) is 7.24. The van der Waals surface area contributed by atoms with Crippen LogP contribution >= 0.6 is 0 Å². The Balaban J connectivity index is 1.49. The van der Waals surface area contributed by atoms with Gasteiger partial charge in [-0.15, -0.1) is 0 Å². The minimum atomic E-state index is -0.722. The third-order valence-corrected chi connectivity index (χ3v) is 5.19. The van der Waals surface area contributed by atoms with Gasteiger partial charge in [0, 0.05) is 37.8 Å². The Morgan fingerprint density at radius 2 is 1.71 bits per heavy atom. The van der Waals surface area contributed by atoms with Crippen molar-refractivity contribution in [3.05, 3.63) is 80.4 Å². The largest absolute Gasteiger partial charge is 0.333 e. The first kappa shape index (κ1) is 18.2. The number of aromatic amines is 2. The van der Waals surface area contributed by atoms with Gasteiger partial charge in [0.05, 0.1) is 11.0 Å². The Hall–Kier alpha value is -3.19. The number of aromatic nitrogens is 2. The molecule has 4 rings (SSSR count). The van der Waals surface area contributed by atoms with Crippen LogP contribution in [0.4, 0.5) is 0 Å². The van der Waals surface area contributed by atoms with E-state index in [1.54, 1.807) is 18.2 Å². The lowest BCUT2D eigenvalue weighted by Gasteiger charge is -2.40. The second kappa shape index (κ2) is 7.44. The van der Waals surface area contributed by atoms with Crippen LogP contribution in [0, 0.1) is 0 Å². The molecule has 1 aliphatic rings. The van der Waals surface area contributed by atoms with Gasteiger partial charge in [-0.3, -0.25) is 19.3 Å². The lowest BCUT2D eigenvalue weighted by Crippen LogP contribution is -2.53. The Labute approximate surface area is 161 Å². The maximum absolute atomic E-state index is 13.0. The molecule has 1 atom stereocenters. The molecule has 1 aliphatic heterocycles. The van der Waals surface area contributed by atoms with Crippen LogP contribution in [0.15, 0.2) is 58.1 Å². The molecule has 2 N–H and O–H groups in total. The summed E-state index contributed by atoms with van der Waals surface area (Å²) in [7, 11) is 0. The topological polar surface area (TPSA) is 89.3 Å². The van der Waals surface area contributed by atoms with Crippen molar-refractivity contribution in [1.82, 2.24) is 19.8 Å². The second-order valence-corrected chi connectivity index (χ2v) is 7.24. The fourth-order valence-electron chi connectivity index (χ4n) is 3.73. The number of rotatable bonds is 3. The molecule has 3 aromatic rings. The molecule has 2 heterocycles. The molecule has 7 nitrogen and oxygen atoms in total. The van der Waals surface area contributed by atoms with E-state index in [-0.39, 0.29) is 11.9 Å². The van der Waals surface area contributed by atoms with Crippen molar-refractivity contribution < 1.29 is 4.79 Å². The number of carbonyl (C=O) groups excluding carboxylic acids is 1. The van der Waals surface area contributed by atoms with Crippen molar-refractivity contribution in [1.29, 1.82) is 0 Å². The van der Waals surface area contributed by atoms with Crippen molar-refractivity contribution >= 4 is 16.9 Å². The van der Waals surface area contributed by atoms with Crippen LogP contribution in [-0.2, 0) is 6.54 Å². The fourth-order valence-corrected chi connectivity index (χ4v) is 3.73. The first-order chi connectivity index (χ1) is 13.5. The van der Waals surface area contributed by atoms with Gasteiger partial charge in [0.25, 0.3) is 5.91 Å². The summed E-state index contributed by atoms with van der Waals surface area (Å²) in [5.74, 6) is -0.0687. The van der Waals surface area contributed by atoms with E-state index in [2.05, 4.69) is 33.9 Å². The van der Waals surface area contributed by atoms with E-state index in [0.29, 0.717) is 23.1 Å². The smallest absolute Gasteiger partial charge is 0.314 e. The number of benzene rings is 2. The number of piperazine rings is 1. The maximum Gasteiger partial charge on any atom is 0.314 e. The highest BCUT2D eigenvalue weighted by molar-refractivity contribution is 5.97. The normalized spacial score (nSPS) is 17.8. The van der Waals surface area contributed by atoms with Crippen LogP contribution in [0.3, 0.4) is 0 Å². The van der Waals surface area contributed by atoms with Gasteiger partial charge in [-0.2, -0.15) is 0 Å². The Bertz CT molecular complexity index is 1120. The monoisotopic (exact) mass is 378 g/mol. The summed E-state index contributed by atoms with van der Waals surface area (Å²) in [4.78, 5) is 45.2. The van der Waals surface area contributed by atoms with E-state index in [1.807, 2.05) is 23.1 Å². The van der Waals surface area contributed by atoms with E-state index in [1.165, 1.54) is 5.56 Å². The molecule has 144 valence electrons. The van der Waals surface area contributed by atoms with Gasteiger partial charge < -0.3 is 14.9 Å². The van der Waals surface area contributed by atoms with E-state index in [4.69, 9.17) is 0 Å². The van der Waals surface area contributed by atoms with Gasteiger partial charge in [-0.05, 0) is 30.7 Å². The van der Waals surface area contributed by atoms with E-state index in [0.717, 1.165) is 19.6 Å². The van der Waals surface area contributed by atoms with E-state index >= 15 is 0 Å². The molecular formula is C21H22N4O3. The lowest BCUT2D eigenvalue weighted by atomic mass is 10.1. The molecule has 7 heteroatoms. The van der Waals surface area contributed by atoms with Crippen molar-refractivity contribution in [2.24, 2.45) is 0 Å². The first-order valence-electron chi connectivity index (χ1n) is 9.35. The molecule has 1 aromatic heterocycles. The predicted octanol–water partition coefficient (Wildman–Crippen LogP) is 1.56. The zero-order chi connectivity index (χ0) is 19.7. The molecule has 1 fully saturated rings. The number of hydrogen-bond acceptors (Lipinski definition) is 4. The van der Waals surface area contributed by atoms with Gasteiger partial charge in [0.1, 0.15) is 0 Å². The molecule has 0 unspecified atom stereocenters. The van der Waals surface area contributed by atoms with Crippen molar-refractivity contribution in [2.75, 3.05) is 19.6 Å². The van der Waals surface area contributed by atoms with E-state index < -0.39 is 11.1 Å². The molecule has 0 aliphatic carbocycles. The maximum atomic E-state index is 13.0. The number of hydrogen-bond donors (Lipinski definition) is 2. The molecule has 0 spiro atoms. The van der Waals surface area contributed by atoms with Gasteiger partial charge in [-0.1, -0.05) is 30.3 Å².